The van der Waals surface area contributed by atoms with Gasteiger partial charge in [0.1, 0.15) is 5.82 Å². The second kappa shape index (κ2) is 8.79. The molecule has 2 aromatic heterocycles. The molecule has 0 unspecified atom stereocenters. The average molecular weight is 407 g/mol. The minimum Gasteiger partial charge on any atom is -0.462 e. The number of hydrogen-bond donors (Lipinski definition) is 1. The molecule has 1 aliphatic heterocycles. The highest BCUT2D eigenvalue weighted by Gasteiger charge is 2.31. The lowest BCUT2D eigenvalue weighted by Crippen LogP contribution is -2.30. The van der Waals surface area contributed by atoms with Gasteiger partial charge < -0.3 is 14.6 Å². The molecule has 0 atom stereocenters. The summed E-state index contributed by atoms with van der Waals surface area (Å²) in [6, 6.07) is 10.1. The number of benzene rings is 1. The lowest BCUT2D eigenvalue weighted by molar-refractivity contribution is 0.0525. The average Bonchev–Trinajstić information content (AvgIpc) is 3.16. The molecule has 6 heteroatoms. The summed E-state index contributed by atoms with van der Waals surface area (Å²) in [7, 11) is 2.11. The number of ether oxygens (including phenoxy) is 1. The van der Waals surface area contributed by atoms with Crippen LogP contribution in [-0.4, -0.2) is 47.6 Å². The summed E-state index contributed by atoms with van der Waals surface area (Å²) in [6.45, 7) is 4.07. The highest BCUT2D eigenvalue weighted by atomic mass is 19.1. The van der Waals surface area contributed by atoms with Crippen molar-refractivity contribution < 1.29 is 13.9 Å². The maximum absolute atomic E-state index is 13.6. The molecule has 1 fully saturated rings. The van der Waals surface area contributed by atoms with Crippen molar-refractivity contribution in [2.75, 3.05) is 26.7 Å². The Kier molecular flexibility index (Phi) is 5.95. The van der Waals surface area contributed by atoms with Crippen LogP contribution in [-0.2, 0) is 4.74 Å². The van der Waals surface area contributed by atoms with E-state index in [1.807, 2.05) is 19.1 Å². The van der Waals surface area contributed by atoms with E-state index < -0.39 is 0 Å². The van der Waals surface area contributed by atoms with Crippen molar-refractivity contribution in [3.05, 3.63) is 65.9 Å². The number of nitrogens with zero attached hydrogens (tertiary/aromatic N) is 2. The first-order valence-electron chi connectivity index (χ1n) is 10.4. The minimum absolute atomic E-state index is 0.232. The SMILES string of the molecule is CCOC(=O)c1c(C2CCN(C)CC2)[nH]c(-c2ccc(F)cc2)c1-c1ccncc1. The molecule has 0 bridgehead atoms. The number of hydrogen-bond acceptors (Lipinski definition) is 4. The largest absolute Gasteiger partial charge is 0.462 e. The standard InChI is InChI=1S/C24H26FN3O2/c1-3-30-24(29)21-20(16-8-12-26-13-9-16)22(17-4-6-19(25)7-5-17)27-23(21)18-10-14-28(2)15-11-18/h4-9,12-13,18,27H,3,10-11,14-15H2,1-2H3. The Morgan fingerprint density at radius 2 is 1.80 bits per heavy atom. The molecule has 0 spiro atoms. The number of aromatic nitrogens is 2. The normalized spacial score (nSPS) is 15.3. The van der Waals surface area contributed by atoms with Crippen LogP contribution in [0.25, 0.3) is 22.4 Å². The first-order chi connectivity index (χ1) is 14.6. The van der Waals surface area contributed by atoms with Crippen molar-refractivity contribution >= 4 is 5.97 Å². The molecule has 5 nitrogen and oxygen atoms in total. The number of carbonyl (C=O) groups is 1. The molecule has 4 rings (SSSR count). The van der Waals surface area contributed by atoms with Gasteiger partial charge in [-0.05, 0) is 87.4 Å². The molecular formula is C24H26FN3O2. The van der Waals surface area contributed by atoms with Crippen LogP contribution in [0.15, 0.2) is 48.8 Å². The summed E-state index contributed by atoms with van der Waals surface area (Å²) in [4.78, 5) is 23.1. The number of nitrogens with one attached hydrogen (secondary N) is 1. The van der Waals surface area contributed by atoms with Gasteiger partial charge in [-0.1, -0.05) is 0 Å². The van der Waals surface area contributed by atoms with Gasteiger partial charge in [0.15, 0.2) is 0 Å². The Hall–Kier alpha value is -2.99. The van der Waals surface area contributed by atoms with E-state index in [0.717, 1.165) is 54.0 Å². The van der Waals surface area contributed by atoms with E-state index in [0.29, 0.717) is 12.2 Å². The highest BCUT2D eigenvalue weighted by molar-refractivity contribution is 6.03. The fourth-order valence-electron chi connectivity index (χ4n) is 4.18. The molecule has 0 radical (unpaired) electrons. The first-order valence-corrected chi connectivity index (χ1v) is 10.4. The smallest absolute Gasteiger partial charge is 0.340 e. The molecule has 1 N–H and O–H groups in total. The maximum Gasteiger partial charge on any atom is 0.340 e. The van der Waals surface area contributed by atoms with Crippen molar-refractivity contribution in [3.8, 4) is 22.4 Å². The molecular weight excluding hydrogens is 381 g/mol. The van der Waals surface area contributed by atoms with Crippen LogP contribution in [0, 0.1) is 5.82 Å². The van der Waals surface area contributed by atoms with E-state index in [1.165, 1.54) is 12.1 Å². The first kappa shape index (κ1) is 20.3. The number of H-pyrrole nitrogens is 1. The number of halogens is 1. The number of aromatic amines is 1. The lowest BCUT2D eigenvalue weighted by atomic mass is 9.89. The zero-order chi connectivity index (χ0) is 21.1. The van der Waals surface area contributed by atoms with Gasteiger partial charge in [0, 0.05) is 29.6 Å². The molecule has 0 aliphatic carbocycles. The topological polar surface area (TPSA) is 58.2 Å². The van der Waals surface area contributed by atoms with Gasteiger partial charge in [0.2, 0.25) is 0 Å². The van der Waals surface area contributed by atoms with E-state index in [1.54, 1.807) is 24.5 Å². The molecule has 3 aromatic rings. The van der Waals surface area contributed by atoms with Crippen LogP contribution in [0.5, 0.6) is 0 Å². The van der Waals surface area contributed by atoms with Crippen molar-refractivity contribution in [1.82, 2.24) is 14.9 Å². The highest BCUT2D eigenvalue weighted by Crippen LogP contribution is 2.41. The van der Waals surface area contributed by atoms with Gasteiger partial charge in [-0.25, -0.2) is 9.18 Å². The third-order valence-electron chi connectivity index (χ3n) is 5.74. The Morgan fingerprint density at radius 3 is 2.43 bits per heavy atom. The summed E-state index contributed by atoms with van der Waals surface area (Å²) in [5, 5.41) is 0. The molecule has 1 aliphatic rings. The lowest BCUT2D eigenvalue weighted by Gasteiger charge is -2.29. The van der Waals surface area contributed by atoms with Crippen LogP contribution in [0.2, 0.25) is 0 Å². The second-order valence-corrected chi connectivity index (χ2v) is 7.70. The molecule has 30 heavy (non-hydrogen) atoms. The molecule has 3 heterocycles. The van der Waals surface area contributed by atoms with Gasteiger partial charge in [-0.15, -0.1) is 0 Å². The summed E-state index contributed by atoms with van der Waals surface area (Å²) in [5.74, 6) is -0.393. The van der Waals surface area contributed by atoms with Crippen molar-refractivity contribution in [3.63, 3.8) is 0 Å². The molecule has 0 amide bonds. The quantitative estimate of drug-likeness (QED) is 0.613. The Labute approximate surface area is 175 Å². The summed E-state index contributed by atoms with van der Waals surface area (Å²) in [6.07, 6.45) is 5.34. The predicted molar refractivity (Wildman–Crippen MR) is 115 cm³/mol. The van der Waals surface area contributed by atoms with Crippen LogP contribution in [0.1, 0.15) is 41.7 Å². The van der Waals surface area contributed by atoms with Gasteiger partial charge in [-0.3, -0.25) is 4.98 Å². The number of pyridine rings is 1. The summed E-state index contributed by atoms with van der Waals surface area (Å²) >= 11 is 0. The van der Waals surface area contributed by atoms with E-state index in [4.69, 9.17) is 4.74 Å². The monoisotopic (exact) mass is 407 g/mol. The van der Waals surface area contributed by atoms with Crippen LogP contribution in [0.3, 0.4) is 0 Å². The van der Waals surface area contributed by atoms with E-state index in [-0.39, 0.29) is 17.7 Å². The van der Waals surface area contributed by atoms with Crippen LogP contribution >= 0.6 is 0 Å². The Balaban J connectivity index is 1.93. The van der Waals surface area contributed by atoms with E-state index in [9.17, 15) is 9.18 Å². The number of carbonyl (C=O) groups excluding carboxylic acids is 1. The number of esters is 1. The van der Waals surface area contributed by atoms with E-state index in [2.05, 4.69) is 21.9 Å². The van der Waals surface area contributed by atoms with Crippen molar-refractivity contribution in [1.29, 1.82) is 0 Å². The van der Waals surface area contributed by atoms with E-state index >= 15 is 0 Å². The third-order valence-corrected chi connectivity index (χ3v) is 5.74. The zero-order valence-corrected chi connectivity index (χ0v) is 17.3. The molecule has 0 saturated carbocycles. The van der Waals surface area contributed by atoms with Crippen LogP contribution < -0.4 is 0 Å². The fourth-order valence-corrected chi connectivity index (χ4v) is 4.18. The van der Waals surface area contributed by atoms with Gasteiger partial charge in [-0.2, -0.15) is 0 Å². The third kappa shape index (κ3) is 4.00. The molecule has 1 saturated heterocycles. The Bertz CT molecular complexity index is 1010. The summed E-state index contributed by atoms with van der Waals surface area (Å²) in [5.41, 5.74) is 4.79. The Morgan fingerprint density at radius 1 is 1.13 bits per heavy atom. The summed E-state index contributed by atoms with van der Waals surface area (Å²) < 4.78 is 19.0. The van der Waals surface area contributed by atoms with Gasteiger partial charge >= 0.3 is 5.97 Å². The fraction of sp³-hybridized carbons (Fsp3) is 0.333. The zero-order valence-electron chi connectivity index (χ0n) is 17.3. The van der Waals surface area contributed by atoms with Crippen molar-refractivity contribution in [2.45, 2.75) is 25.7 Å². The van der Waals surface area contributed by atoms with Gasteiger partial charge in [0.25, 0.3) is 0 Å². The number of piperidine rings is 1. The predicted octanol–water partition coefficient (Wildman–Crippen LogP) is 4.87. The molecule has 156 valence electrons. The van der Waals surface area contributed by atoms with Crippen LogP contribution in [0.4, 0.5) is 4.39 Å². The minimum atomic E-state index is -0.331. The molecule has 1 aromatic carbocycles. The second-order valence-electron chi connectivity index (χ2n) is 7.70. The van der Waals surface area contributed by atoms with Gasteiger partial charge in [0.05, 0.1) is 17.9 Å². The number of likely N-dealkylation sites (tertiary alicyclic amines) is 1. The maximum atomic E-state index is 13.6. The number of rotatable bonds is 5. The van der Waals surface area contributed by atoms with Crippen molar-refractivity contribution in [2.24, 2.45) is 0 Å².